The molecule has 7 nitrogen and oxygen atoms in total. The molecular formula is C13H24N2O5. The highest BCUT2D eigenvalue weighted by Crippen LogP contribution is 2.30. The van der Waals surface area contributed by atoms with Gasteiger partial charge in [-0.1, -0.05) is 0 Å². The minimum absolute atomic E-state index is 0.128. The smallest absolute Gasteiger partial charge is 0.317 e. The fraction of sp³-hybridized carbons (Fsp3) is 0.846. The average Bonchev–Trinajstić information content (AvgIpc) is 2.45. The van der Waals surface area contributed by atoms with E-state index in [0.717, 1.165) is 0 Å². The predicted molar refractivity (Wildman–Crippen MR) is 72.6 cm³/mol. The van der Waals surface area contributed by atoms with Gasteiger partial charge in [0.25, 0.3) is 0 Å². The topological polar surface area (TPSA) is 88.1 Å². The zero-order valence-corrected chi connectivity index (χ0v) is 12.2. The molecule has 1 heterocycles. The molecule has 2 N–H and O–H groups in total. The van der Waals surface area contributed by atoms with Crippen LogP contribution >= 0.6 is 0 Å². The van der Waals surface area contributed by atoms with Gasteiger partial charge in [-0.3, -0.25) is 4.79 Å². The number of likely N-dealkylation sites (N-methyl/N-ethyl adjacent to an activating group) is 1. The number of hydrogen-bond acceptors (Lipinski definition) is 4. The van der Waals surface area contributed by atoms with Crippen LogP contribution in [-0.2, 0) is 14.3 Å². The van der Waals surface area contributed by atoms with Crippen LogP contribution in [0.15, 0.2) is 0 Å². The van der Waals surface area contributed by atoms with Crippen molar-refractivity contribution < 1.29 is 24.2 Å². The number of nitrogens with zero attached hydrogens (tertiary/aromatic N) is 1. The molecule has 0 aliphatic carbocycles. The van der Waals surface area contributed by atoms with Crippen LogP contribution in [0.25, 0.3) is 0 Å². The van der Waals surface area contributed by atoms with E-state index in [1.54, 1.807) is 7.05 Å². The van der Waals surface area contributed by atoms with Crippen molar-refractivity contribution in [1.29, 1.82) is 0 Å². The summed E-state index contributed by atoms with van der Waals surface area (Å²) in [7, 11) is 1.66. The average molecular weight is 288 g/mol. The van der Waals surface area contributed by atoms with Crippen LogP contribution in [0.1, 0.15) is 19.8 Å². The Morgan fingerprint density at radius 2 is 2.05 bits per heavy atom. The highest BCUT2D eigenvalue weighted by Gasteiger charge is 2.40. The molecule has 20 heavy (non-hydrogen) atoms. The summed E-state index contributed by atoms with van der Waals surface area (Å²) in [5.41, 5.74) is -0.908. The summed E-state index contributed by atoms with van der Waals surface area (Å²) >= 11 is 0. The van der Waals surface area contributed by atoms with Crippen LogP contribution in [0.5, 0.6) is 0 Å². The number of hydrogen-bond donors (Lipinski definition) is 2. The van der Waals surface area contributed by atoms with E-state index >= 15 is 0 Å². The van der Waals surface area contributed by atoms with Gasteiger partial charge in [0.05, 0.1) is 12.0 Å². The van der Waals surface area contributed by atoms with E-state index in [2.05, 4.69) is 5.32 Å². The van der Waals surface area contributed by atoms with Gasteiger partial charge >= 0.3 is 12.0 Å². The first-order valence-corrected chi connectivity index (χ1v) is 6.89. The number of amides is 2. The lowest BCUT2D eigenvalue weighted by Gasteiger charge is -2.33. The van der Waals surface area contributed by atoms with Gasteiger partial charge in [-0.15, -0.1) is 0 Å². The number of urea groups is 1. The first kappa shape index (κ1) is 16.7. The number of carboxylic acid groups (broad SMARTS) is 1. The molecule has 0 bridgehead atoms. The molecule has 0 aromatic carbocycles. The largest absolute Gasteiger partial charge is 0.481 e. The van der Waals surface area contributed by atoms with Gasteiger partial charge in [0.15, 0.2) is 0 Å². The monoisotopic (exact) mass is 288 g/mol. The number of carbonyl (C=O) groups is 2. The molecule has 1 aliphatic heterocycles. The minimum Gasteiger partial charge on any atom is -0.481 e. The summed E-state index contributed by atoms with van der Waals surface area (Å²) in [6.07, 6.45) is 0.844. The van der Waals surface area contributed by atoms with Crippen molar-refractivity contribution in [3.8, 4) is 0 Å². The van der Waals surface area contributed by atoms with Crippen molar-refractivity contribution in [2.75, 3.05) is 46.6 Å². The third-order valence-electron chi connectivity index (χ3n) is 3.60. The van der Waals surface area contributed by atoms with Crippen LogP contribution in [-0.4, -0.2) is 68.6 Å². The molecule has 1 aliphatic rings. The molecule has 2 amide bonds. The Labute approximate surface area is 119 Å². The van der Waals surface area contributed by atoms with Crippen molar-refractivity contribution in [3.05, 3.63) is 0 Å². The number of aliphatic carboxylic acids is 1. The maximum Gasteiger partial charge on any atom is 0.317 e. The van der Waals surface area contributed by atoms with E-state index in [-0.39, 0.29) is 12.6 Å². The molecule has 1 fully saturated rings. The summed E-state index contributed by atoms with van der Waals surface area (Å²) in [6, 6.07) is -0.281. The van der Waals surface area contributed by atoms with Crippen LogP contribution in [0.2, 0.25) is 0 Å². The Kier molecular flexibility index (Phi) is 6.74. The summed E-state index contributed by atoms with van der Waals surface area (Å²) in [4.78, 5) is 24.8. The van der Waals surface area contributed by atoms with Crippen molar-refractivity contribution in [3.63, 3.8) is 0 Å². The van der Waals surface area contributed by atoms with E-state index in [1.807, 2.05) is 6.92 Å². The zero-order valence-electron chi connectivity index (χ0n) is 12.2. The standard InChI is InChI=1S/C13H24N2O5/c1-3-19-9-6-15(2)12(18)14-10-13(11(16)17)4-7-20-8-5-13/h3-10H2,1-2H3,(H,14,18)(H,16,17). The molecule has 0 saturated carbocycles. The summed E-state index contributed by atoms with van der Waals surface area (Å²) in [6.45, 7) is 4.41. The maximum absolute atomic E-state index is 11.9. The predicted octanol–water partition coefficient (Wildman–Crippen LogP) is 0.546. The van der Waals surface area contributed by atoms with Gasteiger partial charge in [-0.05, 0) is 19.8 Å². The Bertz CT molecular complexity index is 329. The van der Waals surface area contributed by atoms with Crippen LogP contribution in [0.3, 0.4) is 0 Å². The van der Waals surface area contributed by atoms with Crippen molar-refractivity contribution in [2.45, 2.75) is 19.8 Å². The molecule has 0 radical (unpaired) electrons. The second kappa shape index (κ2) is 8.06. The first-order valence-electron chi connectivity index (χ1n) is 6.89. The highest BCUT2D eigenvalue weighted by molar-refractivity contribution is 5.78. The van der Waals surface area contributed by atoms with Gasteiger partial charge in [0.1, 0.15) is 0 Å². The fourth-order valence-corrected chi connectivity index (χ4v) is 2.06. The lowest BCUT2D eigenvalue weighted by molar-refractivity contribution is -0.154. The number of nitrogens with one attached hydrogen (secondary N) is 1. The van der Waals surface area contributed by atoms with Gasteiger partial charge in [0.2, 0.25) is 0 Å². The summed E-state index contributed by atoms with van der Waals surface area (Å²) < 4.78 is 10.4. The first-order chi connectivity index (χ1) is 9.52. The second-order valence-corrected chi connectivity index (χ2v) is 4.98. The zero-order chi connectivity index (χ0) is 15.0. The Balaban J connectivity index is 2.42. The third-order valence-corrected chi connectivity index (χ3v) is 3.60. The molecule has 0 aromatic rings. The molecule has 1 saturated heterocycles. The Morgan fingerprint density at radius 3 is 2.60 bits per heavy atom. The number of rotatable bonds is 7. The van der Waals surface area contributed by atoms with Crippen LogP contribution in [0.4, 0.5) is 4.79 Å². The SMILES string of the molecule is CCOCCN(C)C(=O)NCC1(C(=O)O)CCOCC1. The second-order valence-electron chi connectivity index (χ2n) is 4.98. The Hall–Kier alpha value is -1.34. The van der Waals surface area contributed by atoms with E-state index in [4.69, 9.17) is 9.47 Å². The lowest BCUT2D eigenvalue weighted by atomic mass is 9.80. The highest BCUT2D eigenvalue weighted by atomic mass is 16.5. The quantitative estimate of drug-likeness (QED) is 0.668. The summed E-state index contributed by atoms with van der Waals surface area (Å²) in [5, 5.41) is 12.1. The van der Waals surface area contributed by atoms with Gasteiger partial charge in [-0.25, -0.2) is 4.79 Å². The Morgan fingerprint density at radius 1 is 1.40 bits per heavy atom. The third kappa shape index (κ3) is 4.64. The minimum atomic E-state index is -0.908. The molecule has 0 aromatic heterocycles. The normalized spacial score (nSPS) is 17.5. The molecule has 7 heteroatoms. The number of ether oxygens (including phenoxy) is 2. The molecule has 0 unspecified atom stereocenters. The molecule has 1 rings (SSSR count). The van der Waals surface area contributed by atoms with Gasteiger partial charge < -0.3 is 24.8 Å². The van der Waals surface area contributed by atoms with Crippen LogP contribution in [0, 0.1) is 5.41 Å². The van der Waals surface area contributed by atoms with Gasteiger partial charge in [0, 0.05) is 40.0 Å². The molecular weight excluding hydrogens is 264 g/mol. The van der Waals surface area contributed by atoms with E-state index < -0.39 is 11.4 Å². The van der Waals surface area contributed by atoms with E-state index in [1.165, 1.54) is 4.90 Å². The van der Waals surface area contributed by atoms with Crippen molar-refractivity contribution >= 4 is 12.0 Å². The molecule has 116 valence electrons. The summed E-state index contributed by atoms with van der Waals surface area (Å²) in [5.74, 6) is -0.877. The van der Waals surface area contributed by atoms with Gasteiger partial charge in [-0.2, -0.15) is 0 Å². The van der Waals surface area contributed by atoms with E-state index in [9.17, 15) is 14.7 Å². The van der Waals surface area contributed by atoms with E-state index in [0.29, 0.717) is 45.8 Å². The molecule has 0 atom stereocenters. The van der Waals surface area contributed by atoms with Crippen molar-refractivity contribution in [1.82, 2.24) is 10.2 Å². The van der Waals surface area contributed by atoms with Crippen LogP contribution < -0.4 is 5.32 Å². The maximum atomic E-state index is 11.9. The molecule has 0 spiro atoms. The lowest BCUT2D eigenvalue weighted by Crippen LogP contribution is -2.49. The fourth-order valence-electron chi connectivity index (χ4n) is 2.06. The number of carbonyl (C=O) groups excluding carboxylic acids is 1. The van der Waals surface area contributed by atoms with Crippen molar-refractivity contribution in [2.24, 2.45) is 5.41 Å². The number of carboxylic acids is 1.